The summed E-state index contributed by atoms with van der Waals surface area (Å²) in [7, 11) is 1.88. The molecule has 1 atom stereocenters. The average molecular weight is 344 g/mol. The molecule has 1 unspecified atom stereocenters. The van der Waals surface area contributed by atoms with E-state index < -0.39 is 0 Å². The van der Waals surface area contributed by atoms with Crippen molar-refractivity contribution >= 4 is 11.7 Å². The predicted molar refractivity (Wildman–Crippen MR) is 97.6 cm³/mol. The lowest BCUT2D eigenvalue weighted by molar-refractivity contribution is 0.189. The summed E-state index contributed by atoms with van der Waals surface area (Å²) in [6, 6.07) is 0.0256. The van der Waals surface area contributed by atoms with Gasteiger partial charge in [0.1, 0.15) is 0 Å². The number of nitrogens with one attached hydrogen (secondary N) is 2. The van der Waals surface area contributed by atoms with Crippen LogP contribution in [0.25, 0.3) is 0 Å². The van der Waals surface area contributed by atoms with Crippen molar-refractivity contribution in [3.05, 3.63) is 28.8 Å². The first-order valence-corrected chi connectivity index (χ1v) is 9.12. The van der Waals surface area contributed by atoms with Crippen LogP contribution in [0.1, 0.15) is 61.3 Å². The summed E-state index contributed by atoms with van der Waals surface area (Å²) in [5.74, 6) is 0. The minimum atomic E-state index is -0.0467. The van der Waals surface area contributed by atoms with E-state index in [0.717, 1.165) is 61.4 Å². The number of hydrogen-bond donors (Lipinski definition) is 2. The van der Waals surface area contributed by atoms with Crippen molar-refractivity contribution in [2.24, 2.45) is 7.05 Å². The van der Waals surface area contributed by atoms with E-state index in [4.69, 9.17) is 0 Å². The van der Waals surface area contributed by atoms with Crippen molar-refractivity contribution in [3.8, 4) is 0 Å². The van der Waals surface area contributed by atoms with E-state index in [1.165, 1.54) is 5.56 Å². The first-order chi connectivity index (χ1) is 12.0. The normalized spacial score (nSPS) is 18.2. The van der Waals surface area contributed by atoms with Crippen molar-refractivity contribution in [1.29, 1.82) is 0 Å². The average Bonchev–Trinajstić information content (AvgIpc) is 2.99. The molecule has 0 spiro atoms. The summed E-state index contributed by atoms with van der Waals surface area (Å²) in [6.07, 6.45) is 6.96. The lowest BCUT2D eigenvalue weighted by Crippen LogP contribution is -2.38. The van der Waals surface area contributed by atoms with Gasteiger partial charge in [-0.05, 0) is 33.1 Å². The fourth-order valence-electron chi connectivity index (χ4n) is 3.79. The van der Waals surface area contributed by atoms with E-state index in [1.807, 2.05) is 38.9 Å². The van der Waals surface area contributed by atoms with Crippen LogP contribution in [0.5, 0.6) is 0 Å². The number of likely N-dealkylation sites (tertiary alicyclic amines) is 1. The van der Waals surface area contributed by atoms with Crippen molar-refractivity contribution in [1.82, 2.24) is 24.9 Å². The fourth-order valence-corrected chi connectivity index (χ4v) is 3.79. The van der Waals surface area contributed by atoms with Gasteiger partial charge >= 0.3 is 6.03 Å². The Morgan fingerprint density at radius 3 is 2.84 bits per heavy atom. The zero-order valence-electron chi connectivity index (χ0n) is 15.6. The Labute approximate surface area is 148 Å². The molecular weight excluding hydrogens is 316 g/mol. The van der Waals surface area contributed by atoms with E-state index in [0.29, 0.717) is 0 Å². The summed E-state index contributed by atoms with van der Waals surface area (Å²) < 4.78 is 1.75. The van der Waals surface area contributed by atoms with Crippen LogP contribution < -0.4 is 5.32 Å². The minimum absolute atomic E-state index is 0.0467. The number of aryl methyl sites for hydroxylation is 4. The highest BCUT2D eigenvalue weighted by atomic mass is 16.2. The Bertz CT molecular complexity index is 727. The molecular formula is C18H28N6O. The Kier molecular flexibility index (Phi) is 5.11. The number of hydrogen-bond acceptors (Lipinski definition) is 3. The molecule has 7 heteroatoms. The van der Waals surface area contributed by atoms with Gasteiger partial charge in [0.15, 0.2) is 0 Å². The summed E-state index contributed by atoms with van der Waals surface area (Å²) in [5.41, 5.74) is 4.92. The Morgan fingerprint density at radius 2 is 2.16 bits per heavy atom. The van der Waals surface area contributed by atoms with Gasteiger partial charge in [0, 0.05) is 31.0 Å². The Hall–Kier alpha value is -2.31. The SMILES string of the molecule is CCc1nn(C)cc1NC(=O)N1CCCCCC1c1c(C)n[nH]c1C. The molecule has 1 saturated heterocycles. The number of carbonyl (C=O) groups is 1. The number of nitrogens with zero attached hydrogens (tertiary/aromatic N) is 4. The maximum absolute atomic E-state index is 13.1. The number of aromatic nitrogens is 4. The van der Waals surface area contributed by atoms with E-state index in [1.54, 1.807) is 4.68 Å². The molecule has 1 aliphatic rings. The van der Waals surface area contributed by atoms with Crippen LogP contribution >= 0.6 is 0 Å². The molecule has 3 rings (SSSR count). The standard InChI is InChI=1S/C18H28N6O/c1-5-14-15(11-23(4)22-14)19-18(25)24-10-8-6-7-9-16(24)17-12(2)20-21-13(17)3/h11,16H,5-10H2,1-4H3,(H,19,25)(H,20,21). The topological polar surface area (TPSA) is 78.8 Å². The number of carbonyl (C=O) groups excluding carboxylic acids is 1. The van der Waals surface area contributed by atoms with Crippen LogP contribution in [0.3, 0.4) is 0 Å². The monoisotopic (exact) mass is 344 g/mol. The molecule has 7 nitrogen and oxygen atoms in total. The minimum Gasteiger partial charge on any atom is -0.317 e. The molecule has 1 aliphatic heterocycles. The van der Waals surface area contributed by atoms with Gasteiger partial charge < -0.3 is 10.2 Å². The first kappa shape index (κ1) is 17.5. The highest BCUT2D eigenvalue weighted by Gasteiger charge is 2.30. The summed E-state index contributed by atoms with van der Waals surface area (Å²) in [5, 5.41) is 14.9. The first-order valence-electron chi connectivity index (χ1n) is 9.12. The third-order valence-electron chi connectivity index (χ3n) is 5.01. The molecule has 136 valence electrons. The molecule has 0 aliphatic carbocycles. The van der Waals surface area contributed by atoms with Gasteiger partial charge in [-0.2, -0.15) is 10.2 Å². The quantitative estimate of drug-likeness (QED) is 0.895. The summed E-state index contributed by atoms with van der Waals surface area (Å²) in [4.78, 5) is 15.0. The number of urea groups is 1. The second-order valence-electron chi connectivity index (χ2n) is 6.85. The summed E-state index contributed by atoms with van der Waals surface area (Å²) in [6.45, 7) is 6.86. The van der Waals surface area contributed by atoms with E-state index in [-0.39, 0.29) is 12.1 Å². The van der Waals surface area contributed by atoms with Crippen LogP contribution in [0.15, 0.2) is 6.20 Å². The van der Waals surface area contributed by atoms with Gasteiger partial charge in [0.25, 0.3) is 0 Å². The number of rotatable bonds is 3. The van der Waals surface area contributed by atoms with Gasteiger partial charge in [-0.15, -0.1) is 0 Å². The predicted octanol–water partition coefficient (Wildman–Crippen LogP) is 3.47. The van der Waals surface area contributed by atoms with Gasteiger partial charge in [-0.1, -0.05) is 19.8 Å². The second kappa shape index (κ2) is 7.29. The molecule has 0 bridgehead atoms. The zero-order valence-corrected chi connectivity index (χ0v) is 15.6. The van der Waals surface area contributed by atoms with Gasteiger partial charge in [0.2, 0.25) is 0 Å². The van der Waals surface area contributed by atoms with Crippen LogP contribution in [0, 0.1) is 13.8 Å². The van der Waals surface area contributed by atoms with E-state index in [2.05, 4.69) is 20.6 Å². The molecule has 2 aromatic rings. The van der Waals surface area contributed by atoms with E-state index in [9.17, 15) is 4.79 Å². The Balaban J connectivity index is 1.87. The lowest BCUT2D eigenvalue weighted by Gasteiger charge is -2.30. The maximum Gasteiger partial charge on any atom is 0.322 e. The number of anilines is 1. The Morgan fingerprint density at radius 1 is 1.36 bits per heavy atom. The van der Waals surface area contributed by atoms with Crippen LogP contribution in [0.4, 0.5) is 10.5 Å². The van der Waals surface area contributed by atoms with Crippen molar-refractivity contribution in [2.45, 2.75) is 58.9 Å². The summed E-state index contributed by atoms with van der Waals surface area (Å²) >= 11 is 0. The molecule has 25 heavy (non-hydrogen) atoms. The molecule has 2 N–H and O–H groups in total. The zero-order chi connectivity index (χ0) is 18.0. The number of aromatic amines is 1. The third kappa shape index (κ3) is 3.55. The van der Waals surface area contributed by atoms with E-state index >= 15 is 0 Å². The molecule has 2 aromatic heterocycles. The molecule has 2 amide bonds. The molecule has 3 heterocycles. The lowest BCUT2D eigenvalue weighted by atomic mass is 9.99. The molecule has 0 radical (unpaired) electrons. The maximum atomic E-state index is 13.1. The third-order valence-corrected chi connectivity index (χ3v) is 5.01. The van der Waals surface area contributed by atoms with Crippen LogP contribution in [-0.4, -0.2) is 37.5 Å². The van der Waals surface area contributed by atoms with Gasteiger partial charge in [-0.3, -0.25) is 9.78 Å². The van der Waals surface area contributed by atoms with Crippen molar-refractivity contribution in [3.63, 3.8) is 0 Å². The molecule has 1 fully saturated rings. The smallest absolute Gasteiger partial charge is 0.317 e. The number of amides is 2. The number of H-pyrrole nitrogens is 1. The van der Waals surface area contributed by atoms with Crippen molar-refractivity contribution in [2.75, 3.05) is 11.9 Å². The fraction of sp³-hybridized carbons (Fsp3) is 0.611. The highest BCUT2D eigenvalue weighted by molar-refractivity contribution is 5.90. The van der Waals surface area contributed by atoms with Gasteiger partial charge in [-0.25, -0.2) is 4.79 Å². The highest BCUT2D eigenvalue weighted by Crippen LogP contribution is 2.33. The van der Waals surface area contributed by atoms with Crippen molar-refractivity contribution < 1.29 is 4.79 Å². The second-order valence-corrected chi connectivity index (χ2v) is 6.85. The largest absolute Gasteiger partial charge is 0.322 e. The van der Waals surface area contributed by atoms with Crippen LogP contribution in [0.2, 0.25) is 0 Å². The molecule has 0 aromatic carbocycles. The molecule has 0 saturated carbocycles. The van der Waals surface area contributed by atoms with Gasteiger partial charge in [0.05, 0.1) is 23.1 Å². The van der Waals surface area contributed by atoms with Crippen LogP contribution in [-0.2, 0) is 13.5 Å².